The van der Waals surface area contributed by atoms with Gasteiger partial charge in [-0.25, -0.2) is 0 Å². The molecule has 0 spiro atoms. The summed E-state index contributed by atoms with van der Waals surface area (Å²) in [6, 6.07) is 11.9. The van der Waals surface area contributed by atoms with Crippen LogP contribution in [0.3, 0.4) is 0 Å². The third kappa shape index (κ3) is 3.59. The molecule has 4 rings (SSSR count). The summed E-state index contributed by atoms with van der Waals surface area (Å²) in [6.07, 6.45) is 2.91. The van der Waals surface area contributed by atoms with Crippen molar-refractivity contribution >= 4 is 39.7 Å². The molecule has 0 bridgehead atoms. The summed E-state index contributed by atoms with van der Waals surface area (Å²) < 4.78 is 0.851. The first-order valence-corrected chi connectivity index (χ1v) is 9.72. The molecule has 6 heteroatoms. The highest BCUT2D eigenvalue weighted by atomic mass is 35.5. The van der Waals surface area contributed by atoms with Crippen LogP contribution in [0.1, 0.15) is 15.2 Å². The van der Waals surface area contributed by atoms with Crippen LogP contribution in [0.15, 0.2) is 42.6 Å². The quantitative estimate of drug-likeness (QED) is 0.753. The lowest BCUT2D eigenvalue weighted by Gasteiger charge is -2.34. The molecule has 4 nitrogen and oxygen atoms in total. The molecule has 0 atom stereocenters. The van der Waals surface area contributed by atoms with Crippen LogP contribution >= 0.6 is 22.9 Å². The Morgan fingerprint density at radius 1 is 1.12 bits per heavy atom. The average molecular weight is 374 g/mol. The number of piperazine rings is 1. The highest BCUT2D eigenvalue weighted by Gasteiger charge is 2.23. The molecule has 3 aromatic rings. The van der Waals surface area contributed by atoms with E-state index in [4.69, 9.17) is 11.6 Å². The first-order valence-electron chi connectivity index (χ1n) is 8.53. The molecule has 25 heavy (non-hydrogen) atoms. The third-order valence-corrected chi connectivity index (χ3v) is 6.07. The fraction of sp³-hybridized carbons (Fsp3) is 0.316. The topological polar surface area (TPSA) is 39.3 Å². The van der Waals surface area contributed by atoms with Crippen molar-refractivity contribution in [2.24, 2.45) is 0 Å². The second-order valence-corrected chi connectivity index (χ2v) is 8.14. The molecule has 2 aromatic heterocycles. The summed E-state index contributed by atoms with van der Waals surface area (Å²) in [5.74, 6) is 0.123. The van der Waals surface area contributed by atoms with Crippen molar-refractivity contribution in [1.82, 2.24) is 14.8 Å². The van der Waals surface area contributed by atoms with Gasteiger partial charge in [0.15, 0.2) is 0 Å². The Balaban J connectivity index is 1.35. The Morgan fingerprint density at radius 3 is 2.72 bits per heavy atom. The van der Waals surface area contributed by atoms with Gasteiger partial charge in [-0.15, -0.1) is 11.3 Å². The minimum absolute atomic E-state index is 0.123. The summed E-state index contributed by atoms with van der Waals surface area (Å²) in [5.41, 5.74) is 1.70. The molecule has 1 aliphatic heterocycles. The summed E-state index contributed by atoms with van der Waals surface area (Å²) in [6.45, 7) is 4.42. The van der Waals surface area contributed by atoms with Crippen LogP contribution < -0.4 is 0 Å². The van der Waals surface area contributed by atoms with E-state index >= 15 is 0 Å². The lowest BCUT2D eigenvalue weighted by molar-refractivity contribution is 0.0640. The Labute approximate surface area is 156 Å². The van der Waals surface area contributed by atoms with Gasteiger partial charge in [0.1, 0.15) is 0 Å². The van der Waals surface area contributed by atoms with E-state index in [2.05, 4.69) is 16.0 Å². The number of nitrogens with zero attached hydrogens (tertiary/aromatic N) is 2. The van der Waals surface area contributed by atoms with E-state index < -0.39 is 0 Å². The number of halogens is 1. The number of carbonyl (C=O) groups excluding carboxylic acids is 1. The Bertz CT molecular complexity index is 880. The van der Waals surface area contributed by atoms with Crippen LogP contribution in [0.4, 0.5) is 0 Å². The number of amides is 1. The zero-order valence-electron chi connectivity index (χ0n) is 13.9. The number of para-hydroxylation sites is 1. The van der Waals surface area contributed by atoms with Gasteiger partial charge in [0, 0.05) is 49.2 Å². The van der Waals surface area contributed by atoms with Crippen molar-refractivity contribution in [3.63, 3.8) is 0 Å². The molecule has 0 unspecified atom stereocenters. The largest absolute Gasteiger partial charge is 0.361 e. The van der Waals surface area contributed by atoms with Gasteiger partial charge in [-0.2, -0.15) is 0 Å². The van der Waals surface area contributed by atoms with Gasteiger partial charge in [0.05, 0.1) is 15.4 Å². The van der Waals surface area contributed by atoms with Crippen molar-refractivity contribution in [2.45, 2.75) is 6.42 Å². The Hall–Kier alpha value is -1.82. The van der Waals surface area contributed by atoms with Crippen molar-refractivity contribution in [3.05, 3.63) is 57.4 Å². The van der Waals surface area contributed by atoms with Crippen LogP contribution in [-0.4, -0.2) is 53.4 Å². The van der Waals surface area contributed by atoms with Crippen LogP contribution in [0.25, 0.3) is 10.9 Å². The van der Waals surface area contributed by atoms with Gasteiger partial charge in [0.25, 0.3) is 5.91 Å². The van der Waals surface area contributed by atoms with Crippen molar-refractivity contribution < 1.29 is 4.79 Å². The van der Waals surface area contributed by atoms with Gasteiger partial charge in [-0.05, 0) is 30.7 Å². The third-order valence-electron chi connectivity index (χ3n) is 4.78. The zero-order chi connectivity index (χ0) is 17.2. The van der Waals surface area contributed by atoms with Crippen LogP contribution in [-0.2, 0) is 6.42 Å². The molecule has 1 fully saturated rings. The molecular weight excluding hydrogens is 354 g/mol. The number of benzene rings is 1. The first kappa shape index (κ1) is 16.6. The highest BCUT2D eigenvalue weighted by Crippen LogP contribution is 2.22. The molecular formula is C19H20ClN3OS. The van der Waals surface area contributed by atoms with Gasteiger partial charge in [-0.1, -0.05) is 23.7 Å². The van der Waals surface area contributed by atoms with Gasteiger partial charge < -0.3 is 9.88 Å². The predicted molar refractivity (Wildman–Crippen MR) is 104 cm³/mol. The molecule has 1 amide bonds. The number of H-pyrrole nitrogens is 1. The standard InChI is InChI=1S/C19H20ClN3OS/c20-17-5-4-15(25-17)7-9-22-10-12-23(13-11-22)19(24)16-3-1-2-14-6-8-21-18(14)16/h1-6,8,21H,7,9-13H2. The van der Waals surface area contributed by atoms with E-state index in [1.165, 1.54) is 4.88 Å². The summed E-state index contributed by atoms with van der Waals surface area (Å²) in [4.78, 5) is 21.8. The van der Waals surface area contributed by atoms with E-state index in [0.717, 1.165) is 59.9 Å². The maximum absolute atomic E-state index is 12.9. The fourth-order valence-corrected chi connectivity index (χ4v) is 4.44. The van der Waals surface area contributed by atoms with Crippen molar-refractivity contribution in [3.8, 4) is 0 Å². The van der Waals surface area contributed by atoms with E-state index in [-0.39, 0.29) is 5.91 Å². The number of carbonyl (C=O) groups is 1. The Morgan fingerprint density at radius 2 is 1.96 bits per heavy atom. The number of nitrogens with one attached hydrogen (secondary N) is 1. The van der Waals surface area contributed by atoms with Crippen LogP contribution in [0, 0.1) is 0 Å². The van der Waals surface area contributed by atoms with Gasteiger partial charge >= 0.3 is 0 Å². The maximum Gasteiger partial charge on any atom is 0.256 e. The number of aromatic nitrogens is 1. The van der Waals surface area contributed by atoms with Crippen molar-refractivity contribution in [2.75, 3.05) is 32.7 Å². The molecule has 0 radical (unpaired) electrons. The molecule has 1 N–H and O–H groups in total. The minimum Gasteiger partial charge on any atom is -0.361 e. The summed E-state index contributed by atoms with van der Waals surface area (Å²) in [5, 5.41) is 1.08. The van der Waals surface area contributed by atoms with E-state index in [9.17, 15) is 4.79 Å². The molecule has 1 aromatic carbocycles. The second-order valence-electron chi connectivity index (χ2n) is 6.34. The lowest BCUT2D eigenvalue weighted by Crippen LogP contribution is -2.49. The minimum atomic E-state index is 0.123. The fourth-order valence-electron chi connectivity index (χ4n) is 3.36. The second kappa shape index (κ2) is 7.20. The predicted octanol–water partition coefficient (Wildman–Crippen LogP) is 3.88. The summed E-state index contributed by atoms with van der Waals surface area (Å²) in [7, 11) is 0. The maximum atomic E-state index is 12.9. The number of hydrogen-bond acceptors (Lipinski definition) is 3. The zero-order valence-corrected chi connectivity index (χ0v) is 15.4. The summed E-state index contributed by atoms with van der Waals surface area (Å²) >= 11 is 7.64. The van der Waals surface area contributed by atoms with E-state index in [1.54, 1.807) is 11.3 Å². The number of hydrogen-bond donors (Lipinski definition) is 1. The number of aromatic amines is 1. The van der Waals surface area contributed by atoms with Crippen LogP contribution in [0.5, 0.6) is 0 Å². The molecule has 1 saturated heterocycles. The van der Waals surface area contributed by atoms with E-state index in [0.29, 0.717) is 0 Å². The highest BCUT2D eigenvalue weighted by molar-refractivity contribution is 7.16. The molecule has 0 aliphatic carbocycles. The number of thiophene rings is 1. The number of fused-ring (bicyclic) bond motifs is 1. The Kier molecular flexibility index (Phi) is 4.79. The normalized spacial score (nSPS) is 15.8. The average Bonchev–Trinajstić information content (AvgIpc) is 3.28. The molecule has 1 aliphatic rings. The van der Waals surface area contributed by atoms with Gasteiger partial charge in [0.2, 0.25) is 0 Å². The SMILES string of the molecule is O=C(c1cccc2cc[nH]c12)N1CCN(CCc2ccc(Cl)s2)CC1. The number of rotatable bonds is 4. The lowest BCUT2D eigenvalue weighted by atomic mass is 10.1. The first-order chi connectivity index (χ1) is 12.2. The smallest absolute Gasteiger partial charge is 0.256 e. The molecule has 130 valence electrons. The monoisotopic (exact) mass is 373 g/mol. The van der Waals surface area contributed by atoms with Crippen LogP contribution in [0.2, 0.25) is 4.34 Å². The van der Waals surface area contributed by atoms with Crippen molar-refractivity contribution in [1.29, 1.82) is 0 Å². The molecule has 0 saturated carbocycles. The van der Waals surface area contributed by atoms with Gasteiger partial charge in [-0.3, -0.25) is 9.69 Å². The molecule has 3 heterocycles. The van der Waals surface area contributed by atoms with E-state index in [1.807, 2.05) is 41.4 Å².